The lowest BCUT2D eigenvalue weighted by Crippen LogP contribution is -2.45. The van der Waals surface area contributed by atoms with E-state index in [-0.39, 0.29) is 61.5 Å². The second kappa shape index (κ2) is 10.8. The minimum Gasteiger partial charge on any atom is -0.389 e. The Hall–Kier alpha value is -2.01. The van der Waals surface area contributed by atoms with Crippen molar-refractivity contribution in [1.29, 1.82) is 0 Å². The molecule has 2 aliphatic heterocycles. The monoisotopic (exact) mass is 530 g/mol. The zero-order chi connectivity index (χ0) is 26.1. The molecule has 0 aromatic carbocycles. The number of hydrogen-bond acceptors (Lipinski definition) is 6. The molecule has 36 heavy (non-hydrogen) atoms. The maximum absolute atomic E-state index is 14.1. The molecule has 1 saturated carbocycles. The van der Waals surface area contributed by atoms with Crippen molar-refractivity contribution < 1.29 is 27.5 Å². The molecular weight excluding hydrogens is 496 g/mol. The topological polar surface area (TPSA) is 68.7 Å². The Bertz CT molecular complexity index is 981. The Morgan fingerprint density at radius 3 is 2.44 bits per heavy atom. The van der Waals surface area contributed by atoms with E-state index in [9.17, 15) is 27.5 Å². The third kappa shape index (κ3) is 6.45. The fraction of sp³-hybridized carbons (Fsp3) is 0.680. The average Bonchev–Trinajstić information content (AvgIpc) is 3.21. The standard InChI is InChI=1S/C25H34F4N4O2S/c1-24(2,35)14-33-15-36-21(20(33)23(34)32-10-8-17(26)9-11-32)16-12-19(25(27,28)29)22(30-13-16)31-18-6-4-3-5-7-18/h12-13,17-18,35H,3-11,14-15H2,1-2H3,(H,30,31). The fourth-order valence-corrected chi connectivity index (χ4v) is 6.16. The van der Waals surface area contributed by atoms with Crippen molar-refractivity contribution in [3.63, 3.8) is 0 Å². The van der Waals surface area contributed by atoms with Gasteiger partial charge in [0, 0.05) is 42.3 Å². The largest absolute Gasteiger partial charge is 0.419 e. The molecule has 1 aliphatic carbocycles. The number of carbonyl (C=O) groups is 1. The van der Waals surface area contributed by atoms with Crippen LogP contribution in [0.2, 0.25) is 0 Å². The molecule has 0 spiro atoms. The normalized spacial score (nSPS) is 20.9. The van der Waals surface area contributed by atoms with E-state index in [2.05, 4.69) is 10.3 Å². The van der Waals surface area contributed by atoms with Gasteiger partial charge in [0.1, 0.15) is 17.7 Å². The number of nitrogens with zero attached hydrogens (tertiary/aromatic N) is 3. The van der Waals surface area contributed by atoms with Gasteiger partial charge in [-0.25, -0.2) is 9.37 Å². The number of amides is 1. The summed E-state index contributed by atoms with van der Waals surface area (Å²) < 4.78 is 56.0. The molecule has 0 atom stereocenters. The molecular formula is C25H34F4N4O2S. The van der Waals surface area contributed by atoms with Crippen LogP contribution in [-0.2, 0) is 11.0 Å². The molecule has 3 heterocycles. The van der Waals surface area contributed by atoms with Crippen LogP contribution in [0.4, 0.5) is 23.4 Å². The molecule has 0 bridgehead atoms. The lowest BCUT2D eigenvalue weighted by Gasteiger charge is -2.33. The van der Waals surface area contributed by atoms with Crippen LogP contribution < -0.4 is 5.32 Å². The second-order valence-corrected chi connectivity index (χ2v) is 11.5. The van der Waals surface area contributed by atoms with Crippen LogP contribution >= 0.6 is 11.8 Å². The van der Waals surface area contributed by atoms with E-state index in [0.717, 1.165) is 38.2 Å². The molecule has 3 aliphatic rings. The number of anilines is 1. The Labute approximate surface area is 213 Å². The van der Waals surface area contributed by atoms with Gasteiger partial charge < -0.3 is 20.2 Å². The third-order valence-corrected chi connectivity index (χ3v) is 7.95. The minimum absolute atomic E-state index is 0.0453. The quantitative estimate of drug-likeness (QED) is 0.490. The van der Waals surface area contributed by atoms with E-state index in [1.54, 1.807) is 23.6 Å². The first-order chi connectivity index (χ1) is 16.9. The molecule has 4 rings (SSSR count). The van der Waals surface area contributed by atoms with Gasteiger partial charge in [-0.05, 0) is 45.6 Å². The first-order valence-electron chi connectivity index (χ1n) is 12.5. The Morgan fingerprint density at radius 1 is 1.17 bits per heavy atom. The van der Waals surface area contributed by atoms with Gasteiger partial charge in [-0.3, -0.25) is 4.79 Å². The molecule has 200 valence electrons. The SMILES string of the molecule is CC(C)(O)CN1CSC(c2cnc(NC3CCCCC3)c(C(F)(F)F)c2)=C1C(=O)N1CCC(F)CC1. The number of thioether (sulfide) groups is 1. The summed E-state index contributed by atoms with van der Waals surface area (Å²) >= 11 is 1.25. The van der Waals surface area contributed by atoms with Gasteiger partial charge in [-0.15, -0.1) is 11.8 Å². The Morgan fingerprint density at radius 2 is 1.83 bits per heavy atom. The number of pyridine rings is 1. The van der Waals surface area contributed by atoms with E-state index >= 15 is 0 Å². The number of aliphatic hydroxyl groups is 1. The summed E-state index contributed by atoms with van der Waals surface area (Å²) in [4.78, 5) is 21.4. The number of halogens is 4. The predicted molar refractivity (Wildman–Crippen MR) is 133 cm³/mol. The van der Waals surface area contributed by atoms with Crippen molar-refractivity contribution in [2.75, 3.05) is 30.8 Å². The lowest BCUT2D eigenvalue weighted by atomic mass is 9.95. The molecule has 2 fully saturated rings. The molecule has 1 aromatic heterocycles. The van der Waals surface area contributed by atoms with Gasteiger partial charge in [0.2, 0.25) is 0 Å². The first-order valence-corrected chi connectivity index (χ1v) is 13.5. The summed E-state index contributed by atoms with van der Waals surface area (Å²) in [5.74, 6) is -0.235. The van der Waals surface area contributed by atoms with Gasteiger partial charge >= 0.3 is 6.18 Å². The highest BCUT2D eigenvalue weighted by Gasteiger charge is 2.39. The molecule has 1 saturated heterocycles. The fourth-order valence-electron chi connectivity index (χ4n) is 5.02. The first kappa shape index (κ1) is 27.0. The van der Waals surface area contributed by atoms with Crippen molar-refractivity contribution >= 4 is 28.4 Å². The zero-order valence-electron chi connectivity index (χ0n) is 20.7. The van der Waals surface area contributed by atoms with Crippen molar-refractivity contribution in [3.05, 3.63) is 29.1 Å². The number of β-amino-alcohol motifs (C(OH)–C–C–N with tert-alkyl or cyclic N) is 1. The van der Waals surface area contributed by atoms with Crippen LogP contribution in [0.25, 0.3) is 4.91 Å². The Balaban J connectivity index is 1.71. The van der Waals surface area contributed by atoms with Crippen LogP contribution in [0, 0.1) is 0 Å². The smallest absolute Gasteiger partial charge is 0.389 e. The summed E-state index contributed by atoms with van der Waals surface area (Å²) in [5, 5.41) is 13.4. The minimum atomic E-state index is -4.62. The van der Waals surface area contributed by atoms with Crippen LogP contribution in [-0.4, -0.2) is 69.1 Å². The molecule has 2 N–H and O–H groups in total. The highest BCUT2D eigenvalue weighted by molar-refractivity contribution is 8.08. The molecule has 1 aromatic rings. The van der Waals surface area contributed by atoms with Crippen LogP contribution in [0.1, 0.15) is 69.9 Å². The molecule has 11 heteroatoms. The van der Waals surface area contributed by atoms with E-state index in [0.29, 0.717) is 10.8 Å². The predicted octanol–water partition coefficient (Wildman–Crippen LogP) is 5.25. The van der Waals surface area contributed by atoms with Crippen LogP contribution in [0.3, 0.4) is 0 Å². The molecule has 1 amide bonds. The number of carbonyl (C=O) groups excluding carboxylic acids is 1. The van der Waals surface area contributed by atoms with E-state index < -0.39 is 23.5 Å². The molecule has 0 radical (unpaired) electrons. The van der Waals surface area contributed by atoms with Gasteiger partial charge in [-0.1, -0.05) is 19.3 Å². The van der Waals surface area contributed by atoms with Gasteiger partial charge in [0.25, 0.3) is 5.91 Å². The van der Waals surface area contributed by atoms with Gasteiger partial charge in [0.05, 0.1) is 17.0 Å². The summed E-state index contributed by atoms with van der Waals surface area (Å²) in [6.45, 7) is 3.84. The maximum atomic E-state index is 14.1. The lowest BCUT2D eigenvalue weighted by molar-refractivity contribution is -0.137. The average molecular weight is 531 g/mol. The number of piperidine rings is 1. The highest BCUT2D eigenvalue weighted by atomic mass is 32.2. The van der Waals surface area contributed by atoms with Gasteiger partial charge in [-0.2, -0.15) is 13.2 Å². The number of rotatable bonds is 6. The molecule has 6 nitrogen and oxygen atoms in total. The summed E-state index contributed by atoms with van der Waals surface area (Å²) in [6.07, 6.45) is 0.915. The summed E-state index contributed by atoms with van der Waals surface area (Å²) in [7, 11) is 0. The number of aromatic nitrogens is 1. The third-order valence-electron chi connectivity index (χ3n) is 6.79. The van der Waals surface area contributed by atoms with Crippen LogP contribution in [0.5, 0.6) is 0 Å². The van der Waals surface area contributed by atoms with Crippen molar-refractivity contribution in [2.24, 2.45) is 0 Å². The van der Waals surface area contributed by atoms with Crippen molar-refractivity contribution in [2.45, 2.75) is 82.8 Å². The van der Waals surface area contributed by atoms with E-state index in [1.165, 1.54) is 18.0 Å². The number of nitrogens with one attached hydrogen (secondary N) is 1. The zero-order valence-corrected chi connectivity index (χ0v) is 21.5. The summed E-state index contributed by atoms with van der Waals surface area (Å²) in [6, 6.07) is 1.02. The number of alkyl halides is 4. The highest BCUT2D eigenvalue weighted by Crippen LogP contribution is 2.44. The summed E-state index contributed by atoms with van der Waals surface area (Å²) in [5.41, 5.74) is -1.54. The number of likely N-dealkylation sites (tertiary alicyclic amines) is 1. The number of hydrogen-bond donors (Lipinski definition) is 2. The van der Waals surface area contributed by atoms with Crippen molar-refractivity contribution in [3.8, 4) is 0 Å². The van der Waals surface area contributed by atoms with E-state index in [4.69, 9.17) is 0 Å². The maximum Gasteiger partial charge on any atom is 0.419 e. The Kier molecular flexibility index (Phi) is 8.09. The van der Waals surface area contributed by atoms with Crippen LogP contribution in [0.15, 0.2) is 18.0 Å². The second-order valence-electron chi connectivity index (χ2n) is 10.5. The van der Waals surface area contributed by atoms with Gasteiger partial charge in [0.15, 0.2) is 0 Å². The molecule has 0 unspecified atom stereocenters. The van der Waals surface area contributed by atoms with Crippen molar-refractivity contribution in [1.82, 2.24) is 14.8 Å². The van der Waals surface area contributed by atoms with E-state index in [1.807, 2.05) is 0 Å².